The minimum atomic E-state index is -0.738. The summed E-state index contributed by atoms with van der Waals surface area (Å²) >= 11 is 0. The van der Waals surface area contributed by atoms with Crippen LogP contribution in [-0.4, -0.2) is 80.1 Å². The molecule has 8 nitrogen and oxygen atoms in total. The second-order valence-electron chi connectivity index (χ2n) is 13.6. The molecule has 0 aromatic carbocycles. The fraction of sp³-hybridized carbons (Fsp3) is 0.868. The Bertz CT molecular complexity index is 783. The Labute approximate surface area is 282 Å². The van der Waals surface area contributed by atoms with Crippen LogP contribution in [0.5, 0.6) is 0 Å². The Morgan fingerprint density at radius 1 is 0.630 bits per heavy atom. The summed E-state index contributed by atoms with van der Waals surface area (Å²) < 4.78 is 16.8. The highest BCUT2D eigenvalue weighted by Gasteiger charge is 2.27. The summed E-state index contributed by atoms with van der Waals surface area (Å²) in [5.41, 5.74) is 0. The van der Waals surface area contributed by atoms with Gasteiger partial charge in [-0.3, -0.25) is 9.59 Å². The number of hydrogen-bond donors (Lipinski definition) is 1. The maximum atomic E-state index is 12.8. The van der Waals surface area contributed by atoms with Gasteiger partial charge in [0.2, 0.25) is 0 Å². The molecule has 0 heterocycles. The number of carbonyl (C=O) groups excluding carboxylic acids is 3. The molecular weight excluding hydrogens is 582 g/mol. The molecule has 0 aliphatic carbocycles. The van der Waals surface area contributed by atoms with Gasteiger partial charge < -0.3 is 23.8 Å². The summed E-state index contributed by atoms with van der Waals surface area (Å²) in [5, 5.41) is 10.9. The second-order valence-corrected chi connectivity index (χ2v) is 13.6. The van der Waals surface area contributed by atoms with Gasteiger partial charge in [-0.1, -0.05) is 110 Å². The van der Waals surface area contributed by atoms with E-state index in [2.05, 4.69) is 19.9 Å². The normalized spacial score (nSPS) is 13.1. The monoisotopic (exact) mass is 655 g/mol. The zero-order valence-corrected chi connectivity index (χ0v) is 30.5. The van der Waals surface area contributed by atoms with E-state index < -0.39 is 12.2 Å². The van der Waals surface area contributed by atoms with E-state index in [1.807, 2.05) is 27.1 Å². The third-order valence-corrected chi connectivity index (χ3v) is 8.33. The number of carbonyl (C=O) groups is 3. The fourth-order valence-corrected chi connectivity index (χ4v) is 5.30. The van der Waals surface area contributed by atoms with Crippen LogP contribution in [0, 0.1) is 0 Å². The molecular formula is C38H72NO7+. The van der Waals surface area contributed by atoms with Gasteiger partial charge in [0, 0.05) is 12.8 Å². The van der Waals surface area contributed by atoms with Gasteiger partial charge in [-0.25, -0.2) is 4.79 Å². The van der Waals surface area contributed by atoms with Crippen molar-refractivity contribution in [2.24, 2.45) is 0 Å². The second kappa shape index (κ2) is 30.4. The van der Waals surface area contributed by atoms with E-state index >= 15 is 0 Å². The molecule has 8 heteroatoms. The van der Waals surface area contributed by atoms with Crippen molar-refractivity contribution in [3.8, 4) is 0 Å². The van der Waals surface area contributed by atoms with Crippen molar-refractivity contribution in [1.29, 1.82) is 0 Å². The first-order chi connectivity index (χ1) is 22.1. The molecule has 0 bridgehead atoms. The molecule has 270 valence electrons. The van der Waals surface area contributed by atoms with Crippen LogP contribution in [0.15, 0.2) is 12.2 Å². The minimum absolute atomic E-state index is 0.0593. The highest BCUT2D eigenvalue weighted by molar-refractivity contribution is 5.71. The smallest absolute Gasteiger partial charge is 0.362 e. The molecule has 0 saturated carbocycles. The Hall–Kier alpha value is -1.93. The lowest BCUT2D eigenvalue weighted by molar-refractivity contribution is -0.883. The highest BCUT2D eigenvalue weighted by Crippen LogP contribution is 2.16. The number of unbranched alkanes of at least 4 members (excludes halogenated alkanes) is 14. The molecule has 1 N–H and O–H groups in total. The summed E-state index contributed by atoms with van der Waals surface area (Å²) in [6, 6.07) is 0. The molecule has 0 aliphatic heterocycles. The molecule has 0 spiro atoms. The van der Waals surface area contributed by atoms with Crippen LogP contribution >= 0.6 is 0 Å². The molecule has 46 heavy (non-hydrogen) atoms. The first-order valence-corrected chi connectivity index (χ1v) is 18.8. The van der Waals surface area contributed by atoms with Gasteiger partial charge in [-0.15, -0.1) is 0 Å². The lowest BCUT2D eigenvalue weighted by Crippen LogP contribution is -2.48. The molecule has 0 aliphatic rings. The van der Waals surface area contributed by atoms with Gasteiger partial charge in [-0.05, 0) is 51.4 Å². The SMILES string of the molecule is CCCCCCCCCCOC(=O)CCCCCCC/C=C\CC(O)C(CCCCC)OC(=O)C[N+](C)(C)CCOC(=O)CCC. The Kier molecular flexibility index (Phi) is 29.1. The van der Waals surface area contributed by atoms with Crippen molar-refractivity contribution in [1.82, 2.24) is 0 Å². The number of esters is 3. The van der Waals surface area contributed by atoms with Gasteiger partial charge in [-0.2, -0.15) is 0 Å². The van der Waals surface area contributed by atoms with Gasteiger partial charge in [0.1, 0.15) is 19.3 Å². The number of ether oxygens (including phenoxy) is 3. The number of likely N-dealkylation sites (N-methyl/N-ethyl adjacent to an activating group) is 1. The summed E-state index contributed by atoms with van der Waals surface area (Å²) in [6.45, 7) is 7.79. The van der Waals surface area contributed by atoms with Crippen molar-refractivity contribution in [2.45, 2.75) is 174 Å². The molecule has 0 amide bonds. The molecule has 0 saturated heterocycles. The van der Waals surface area contributed by atoms with Crippen molar-refractivity contribution < 1.29 is 38.2 Å². The predicted molar refractivity (Wildman–Crippen MR) is 187 cm³/mol. The molecule has 2 atom stereocenters. The van der Waals surface area contributed by atoms with Crippen LogP contribution < -0.4 is 0 Å². The van der Waals surface area contributed by atoms with Crippen LogP contribution in [0.4, 0.5) is 0 Å². The van der Waals surface area contributed by atoms with Crippen molar-refractivity contribution >= 4 is 17.9 Å². The van der Waals surface area contributed by atoms with Gasteiger partial charge >= 0.3 is 17.9 Å². The van der Waals surface area contributed by atoms with Crippen LogP contribution in [0.25, 0.3) is 0 Å². The minimum Gasteiger partial charge on any atom is -0.466 e. The summed E-state index contributed by atoms with van der Waals surface area (Å²) in [5.74, 6) is -0.613. The quantitative estimate of drug-likeness (QED) is 0.0255. The van der Waals surface area contributed by atoms with Gasteiger partial charge in [0.25, 0.3) is 0 Å². The van der Waals surface area contributed by atoms with E-state index in [4.69, 9.17) is 14.2 Å². The van der Waals surface area contributed by atoms with Crippen LogP contribution in [0.3, 0.4) is 0 Å². The lowest BCUT2D eigenvalue weighted by Gasteiger charge is -2.30. The van der Waals surface area contributed by atoms with Crippen molar-refractivity contribution in [2.75, 3.05) is 40.4 Å². The first kappa shape index (κ1) is 44.1. The average molecular weight is 655 g/mol. The van der Waals surface area contributed by atoms with Gasteiger partial charge in [0.15, 0.2) is 6.54 Å². The number of hydrogen-bond acceptors (Lipinski definition) is 7. The predicted octanol–water partition coefficient (Wildman–Crippen LogP) is 8.62. The Morgan fingerprint density at radius 2 is 1.20 bits per heavy atom. The Balaban J connectivity index is 4.14. The van der Waals surface area contributed by atoms with E-state index in [9.17, 15) is 19.5 Å². The summed E-state index contributed by atoms with van der Waals surface area (Å²) in [6.07, 6.45) is 24.7. The molecule has 0 radical (unpaired) electrons. The molecule has 0 fully saturated rings. The summed E-state index contributed by atoms with van der Waals surface area (Å²) in [4.78, 5) is 36.3. The maximum absolute atomic E-state index is 12.8. The summed E-state index contributed by atoms with van der Waals surface area (Å²) in [7, 11) is 3.82. The van der Waals surface area contributed by atoms with Crippen LogP contribution in [0.2, 0.25) is 0 Å². The number of allylic oxidation sites excluding steroid dienone is 1. The largest absolute Gasteiger partial charge is 0.466 e. The third-order valence-electron chi connectivity index (χ3n) is 8.33. The maximum Gasteiger partial charge on any atom is 0.362 e. The molecule has 2 unspecified atom stereocenters. The lowest BCUT2D eigenvalue weighted by atomic mass is 10.0. The van der Waals surface area contributed by atoms with E-state index in [0.29, 0.717) is 43.3 Å². The standard InChI is InChI=1S/C38H72NO7/c1-6-9-11-12-13-18-21-25-31-44-37(42)29-24-20-17-15-14-16-19-23-27-34(40)35(28-22-10-7-2)46-38(43)33-39(4,5)30-32-45-36(41)26-8-3/h19,23,34-35,40H,6-18,20-22,24-33H2,1-5H3/q+1/b23-19-. The fourth-order valence-electron chi connectivity index (χ4n) is 5.30. The average Bonchev–Trinajstić information content (AvgIpc) is 3.00. The highest BCUT2D eigenvalue weighted by atomic mass is 16.6. The zero-order valence-electron chi connectivity index (χ0n) is 30.5. The third kappa shape index (κ3) is 28.3. The number of nitrogens with zero attached hydrogens (tertiary/aromatic N) is 1. The van der Waals surface area contributed by atoms with Gasteiger partial charge in [0.05, 0.1) is 26.8 Å². The molecule has 0 aromatic rings. The first-order valence-electron chi connectivity index (χ1n) is 18.8. The molecule has 0 aromatic heterocycles. The van der Waals surface area contributed by atoms with E-state index in [0.717, 1.165) is 77.0 Å². The number of quaternary nitrogens is 1. The van der Waals surface area contributed by atoms with E-state index in [1.54, 1.807) is 0 Å². The zero-order chi connectivity index (χ0) is 34.3. The Morgan fingerprint density at radius 3 is 1.87 bits per heavy atom. The number of aliphatic hydroxyl groups is 1. The van der Waals surface area contributed by atoms with Crippen LogP contribution in [-0.2, 0) is 28.6 Å². The topological polar surface area (TPSA) is 99.1 Å². The van der Waals surface area contributed by atoms with Crippen molar-refractivity contribution in [3.05, 3.63) is 12.2 Å². The molecule has 0 rings (SSSR count). The van der Waals surface area contributed by atoms with E-state index in [1.165, 1.54) is 38.5 Å². The number of aliphatic hydroxyl groups excluding tert-OH is 1. The van der Waals surface area contributed by atoms with E-state index in [-0.39, 0.29) is 31.1 Å². The van der Waals surface area contributed by atoms with Crippen molar-refractivity contribution in [3.63, 3.8) is 0 Å². The van der Waals surface area contributed by atoms with Crippen LogP contribution in [0.1, 0.15) is 162 Å². The number of rotatable bonds is 32.